The highest BCUT2D eigenvalue weighted by Gasteiger charge is 2.26. The predicted octanol–water partition coefficient (Wildman–Crippen LogP) is 5.03. The highest BCUT2D eigenvalue weighted by molar-refractivity contribution is 7.90. The van der Waals surface area contributed by atoms with Crippen LogP contribution >= 0.6 is 0 Å². The number of sulfone groups is 1. The number of nitrogens with zero attached hydrogens (tertiary/aromatic N) is 2. The van der Waals surface area contributed by atoms with Crippen LogP contribution in [-0.4, -0.2) is 43.6 Å². The van der Waals surface area contributed by atoms with E-state index in [1.54, 1.807) is 31.2 Å². The number of hydrogen-bond donors (Lipinski definition) is 0. The number of aromatic nitrogens is 1. The summed E-state index contributed by atoms with van der Waals surface area (Å²) in [4.78, 5) is 15.6. The molecule has 0 saturated carbocycles. The zero-order chi connectivity index (χ0) is 25.6. The van der Waals surface area contributed by atoms with E-state index in [9.17, 15) is 27.3 Å². The second-order valence-corrected chi connectivity index (χ2v) is 10.0. The van der Waals surface area contributed by atoms with Crippen molar-refractivity contribution in [3.05, 3.63) is 82.2 Å². The summed E-state index contributed by atoms with van der Waals surface area (Å²) >= 11 is 0. The minimum atomic E-state index is -3.52. The Labute approximate surface area is 201 Å². The lowest BCUT2D eigenvalue weighted by Gasteiger charge is -2.19. The Hall–Kier alpha value is -3.60. The second-order valence-electron chi connectivity index (χ2n) is 7.82. The van der Waals surface area contributed by atoms with Crippen LogP contribution in [0.25, 0.3) is 11.1 Å². The van der Waals surface area contributed by atoms with Gasteiger partial charge in [0.05, 0.1) is 17.3 Å². The summed E-state index contributed by atoms with van der Waals surface area (Å²) in [6.07, 6.45) is 2.48. The summed E-state index contributed by atoms with van der Waals surface area (Å²) in [6.45, 7) is -1.25. The molecular formula is C24H24F2N2O6S. The maximum atomic E-state index is 12.8. The molecule has 11 heteroatoms. The molecule has 0 aliphatic carbocycles. The molecule has 8 nitrogen and oxygen atoms in total. The number of hydrogen-bond acceptors (Lipinski definition) is 7. The van der Waals surface area contributed by atoms with Gasteiger partial charge in [0.15, 0.2) is 11.5 Å². The van der Waals surface area contributed by atoms with Crippen molar-refractivity contribution >= 4 is 15.5 Å². The SMILES string of the molecule is CCOc1cc(C(Cc2ncc(-c3ccccc3)cc2[N+](=O)[O-])CS(C)(=O)=O)ccc1OC(F)F. The smallest absolute Gasteiger partial charge is 0.387 e. The van der Waals surface area contributed by atoms with Crippen molar-refractivity contribution < 1.29 is 31.6 Å². The maximum Gasteiger partial charge on any atom is 0.387 e. The lowest BCUT2D eigenvalue weighted by Crippen LogP contribution is -2.17. The molecule has 3 aromatic rings. The molecule has 0 spiro atoms. The van der Waals surface area contributed by atoms with E-state index in [-0.39, 0.29) is 41.7 Å². The Morgan fingerprint density at radius 1 is 1.06 bits per heavy atom. The van der Waals surface area contributed by atoms with Crippen molar-refractivity contribution in [2.45, 2.75) is 25.9 Å². The largest absolute Gasteiger partial charge is 0.490 e. The van der Waals surface area contributed by atoms with E-state index in [1.807, 2.05) is 6.07 Å². The Morgan fingerprint density at radius 2 is 1.77 bits per heavy atom. The van der Waals surface area contributed by atoms with Crippen molar-refractivity contribution in [3.63, 3.8) is 0 Å². The molecule has 0 fully saturated rings. The van der Waals surface area contributed by atoms with Gasteiger partial charge in [0.1, 0.15) is 15.5 Å². The van der Waals surface area contributed by atoms with Crippen molar-refractivity contribution in [2.75, 3.05) is 18.6 Å². The average Bonchev–Trinajstić information content (AvgIpc) is 2.79. The van der Waals surface area contributed by atoms with E-state index in [4.69, 9.17) is 4.74 Å². The molecule has 3 rings (SSSR count). The molecule has 186 valence electrons. The molecule has 1 heterocycles. The number of ether oxygens (including phenoxy) is 2. The summed E-state index contributed by atoms with van der Waals surface area (Å²) in [5.74, 6) is -1.27. The van der Waals surface area contributed by atoms with Crippen LogP contribution in [0.4, 0.5) is 14.5 Å². The molecule has 1 atom stereocenters. The van der Waals surface area contributed by atoms with Crippen molar-refractivity contribution in [2.24, 2.45) is 0 Å². The molecule has 35 heavy (non-hydrogen) atoms. The number of benzene rings is 2. The van der Waals surface area contributed by atoms with E-state index >= 15 is 0 Å². The van der Waals surface area contributed by atoms with Crippen LogP contribution in [0.1, 0.15) is 24.1 Å². The van der Waals surface area contributed by atoms with Gasteiger partial charge in [-0.3, -0.25) is 15.1 Å². The number of alkyl halides is 2. The van der Waals surface area contributed by atoms with E-state index in [0.717, 1.165) is 11.8 Å². The summed E-state index contributed by atoms with van der Waals surface area (Å²) in [7, 11) is -3.52. The van der Waals surface area contributed by atoms with E-state index < -0.39 is 27.3 Å². The molecule has 1 unspecified atom stereocenters. The van der Waals surface area contributed by atoms with E-state index in [0.29, 0.717) is 11.1 Å². The zero-order valence-corrected chi connectivity index (χ0v) is 19.9. The lowest BCUT2D eigenvalue weighted by atomic mass is 9.94. The van der Waals surface area contributed by atoms with Crippen LogP contribution in [0.3, 0.4) is 0 Å². The monoisotopic (exact) mass is 506 g/mol. The first-order valence-electron chi connectivity index (χ1n) is 10.7. The number of pyridine rings is 1. The van der Waals surface area contributed by atoms with E-state index in [2.05, 4.69) is 9.72 Å². The van der Waals surface area contributed by atoms with Gasteiger partial charge in [-0.25, -0.2) is 8.42 Å². The van der Waals surface area contributed by atoms with Crippen molar-refractivity contribution in [3.8, 4) is 22.6 Å². The lowest BCUT2D eigenvalue weighted by molar-refractivity contribution is -0.385. The molecule has 0 bridgehead atoms. The van der Waals surface area contributed by atoms with Crippen LogP contribution in [0.5, 0.6) is 11.5 Å². The Morgan fingerprint density at radius 3 is 2.37 bits per heavy atom. The topological polar surface area (TPSA) is 109 Å². The van der Waals surface area contributed by atoms with Gasteiger partial charge in [-0.05, 0) is 30.2 Å². The fourth-order valence-electron chi connectivity index (χ4n) is 3.70. The summed E-state index contributed by atoms with van der Waals surface area (Å²) < 4.78 is 59.7. The first-order valence-corrected chi connectivity index (χ1v) is 12.7. The van der Waals surface area contributed by atoms with Crippen molar-refractivity contribution in [1.82, 2.24) is 4.98 Å². The van der Waals surface area contributed by atoms with Gasteiger partial charge in [-0.2, -0.15) is 8.78 Å². The van der Waals surface area contributed by atoms with Crippen molar-refractivity contribution in [1.29, 1.82) is 0 Å². The Balaban J connectivity index is 2.03. The number of nitro groups is 1. The first kappa shape index (κ1) is 26.0. The van der Waals surface area contributed by atoms with Crippen LogP contribution in [0, 0.1) is 10.1 Å². The predicted molar refractivity (Wildman–Crippen MR) is 127 cm³/mol. The summed E-state index contributed by atoms with van der Waals surface area (Å²) in [6, 6.07) is 14.5. The molecule has 0 saturated heterocycles. The van der Waals surface area contributed by atoms with Gasteiger partial charge < -0.3 is 9.47 Å². The van der Waals surface area contributed by atoms with Crippen LogP contribution in [0.2, 0.25) is 0 Å². The van der Waals surface area contributed by atoms with Gasteiger partial charge in [-0.1, -0.05) is 36.4 Å². The second kappa shape index (κ2) is 11.2. The Bertz CT molecular complexity index is 1290. The molecular weight excluding hydrogens is 482 g/mol. The Kier molecular flexibility index (Phi) is 8.34. The average molecular weight is 507 g/mol. The minimum absolute atomic E-state index is 0.0192. The van der Waals surface area contributed by atoms with Crippen LogP contribution in [0.15, 0.2) is 60.8 Å². The molecule has 0 aliphatic heterocycles. The summed E-state index contributed by atoms with van der Waals surface area (Å²) in [5, 5.41) is 11.8. The summed E-state index contributed by atoms with van der Waals surface area (Å²) in [5.41, 5.74) is 1.59. The molecule has 1 aromatic heterocycles. The normalized spacial score (nSPS) is 12.4. The van der Waals surface area contributed by atoms with Crippen LogP contribution in [-0.2, 0) is 16.3 Å². The molecule has 0 aliphatic rings. The standard InChI is InChI=1S/C24H24F2N2O6S/c1-3-33-23-13-17(9-10-22(23)34-24(25)26)19(15-35(2,31)32)11-20-21(28(29)30)12-18(14-27-20)16-7-5-4-6-8-16/h4-10,12-14,19,24H,3,11,15H2,1-2H3. The fourth-order valence-corrected chi connectivity index (χ4v) is 4.74. The number of halogens is 2. The number of rotatable bonds is 11. The van der Waals surface area contributed by atoms with Gasteiger partial charge in [0.25, 0.3) is 5.69 Å². The third kappa shape index (κ3) is 7.19. The first-order chi connectivity index (χ1) is 16.6. The van der Waals surface area contributed by atoms with Crippen LogP contribution < -0.4 is 9.47 Å². The maximum absolute atomic E-state index is 12.8. The van der Waals surface area contributed by atoms with Gasteiger partial charge in [0.2, 0.25) is 0 Å². The molecule has 0 amide bonds. The molecule has 0 N–H and O–H groups in total. The van der Waals surface area contributed by atoms with Gasteiger partial charge in [0, 0.05) is 36.4 Å². The minimum Gasteiger partial charge on any atom is -0.490 e. The zero-order valence-electron chi connectivity index (χ0n) is 19.1. The fraction of sp³-hybridized carbons (Fsp3) is 0.292. The third-order valence-corrected chi connectivity index (χ3v) is 6.16. The molecule has 0 radical (unpaired) electrons. The van der Waals surface area contributed by atoms with Gasteiger partial charge in [-0.15, -0.1) is 0 Å². The highest BCUT2D eigenvalue weighted by atomic mass is 32.2. The quantitative estimate of drug-likeness (QED) is 0.265. The highest BCUT2D eigenvalue weighted by Crippen LogP contribution is 2.35. The van der Waals surface area contributed by atoms with Gasteiger partial charge >= 0.3 is 6.61 Å². The van der Waals surface area contributed by atoms with E-state index in [1.165, 1.54) is 30.5 Å². The molecule has 2 aromatic carbocycles. The third-order valence-electron chi connectivity index (χ3n) is 5.15.